The van der Waals surface area contributed by atoms with Crippen molar-refractivity contribution in [3.63, 3.8) is 0 Å². The van der Waals surface area contributed by atoms with Crippen LogP contribution in [0.1, 0.15) is 43.0 Å². The molecule has 1 aromatic carbocycles. The lowest BCUT2D eigenvalue weighted by Gasteiger charge is -2.26. The lowest BCUT2D eigenvalue weighted by atomic mass is 9.88. The van der Waals surface area contributed by atoms with Gasteiger partial charge in [-0.2, -0.15) is 0 Å². The van der Waals surface area contributed by atoms with E-state index in [1.54, 1.807) is 0 Å². The highest BCUT2D eigenvalue weighted by Crippen LogP contribution is 2.26. The minimum Gasteiger partial charge on any atom is -0.507 e. The lowest BCUT2D eigenvalue weighted by Crippen LogP contribution is -2.37. The molecule has 6 nitrogen and oxygen atoms in total. The van der Waals surface area contributed by atoms with Crippen LogP contribution in [0.3, 0.4) is 0 Å². The van der Waals surface area contributed by atoms with E-state index < -0.39 is 27.3 Å². The second kappa shape index (κ2) is 6.03. The second-order valence-corrected chi connectivity index (χ2v) is 7.28. The molecule has 2 rings (SSSR count). The molecule has 0 saturated heterocycles. The summed E-state index contributed by atoms with van der Waals surface area (Å²) in [5, 5.41) is 18.4. The number of hydrogen-bond acceptors (Lipinski definition) is 4. The number of benzene rings is 1. The summed E-state index contributed by atoms with van der Waals surface area (Å²) in [6, 6.07) is 3.15. The number of phenols is 1. The van der Waals surface area contributed by atoms with Crippen LogP contribution in [0.5, 0.6) is 5.75 Å². The van der Waals surface area contributed by atoms with E-state index in [0.717, 1.165) is 37.8 Å². The van der Waals surface area contributed by atoms with Crippen molar-refractivity contribution < 1.29 is 23.4 Å². The SMILES string of the molecule is CC1CCC(NS(=O)(=O)c2ccc(O)c(C(=O)O)c2)CC1. The maximum absolute atomic E-state index is 12.3. The Balaban J connectivity index is 2.20. The van der Waals surface area contributed by atoms with Gasteiger partial charge < -0.3 is 10.2 Å². The molecular formula is C14H19NO5S. The van der Waals surface area contributed by atoms with Gasteiger partial charge in [0, 0.05) is 6.04 Å². The molecule has 1 fully saturated rings. The number of aromatic carboxylic acids is 1. The Labute approximate surface area is 123 Å². The lowest BCUT2D eigenvalue weighted by molar-refractivity contribution is 0.0693. The first kappa shape index (κ1) is 15.8. The molecule has 1 aromatic rings. The van der Waals surface area contributed by atoms with Gasteiger partial charge in [0.05, 0.1) is 4.90 Å². The highest BCUT2D eigenvalue weighted by Gasteiger charge is 2.25. The van der Waals surface area contributed by atoms with Gasteiger partial charge >= 0.3 is 5.97 Å². The van der Waals surface area contributed by atoms with Gasteiger partial charge in [0.1, 0.15) is 11.3 Å². The van der Waals surface area contributed by atoms with Gasteiger partial charge in [-0.25, -0.2) is 17.9 Å². The third-order valence-electron chi connectivity index (χ3n) is 3.85. The molecule has 1 saturated carbocycles. The van der Waals surface area contributed by atoms with Crippen molar-refractivity contribution in [2.24, 2.45) is 5.92 Å². The number of sulfonamides is 1. The van der Waals surface area contributed by atoms with Crippen LogP contribution < -0.4 is 4.72 Å². The number of nitrogens with one attached hydrogen (secondary N) is 1. The second-order valence-electron chi connectivity index (χ2n) is 5.56. The molecule has 0 aliphatic heterocycles. The van der Waals surface area contributed by atoms with Gasteiger partial charge in [0.25, 0.3) is 0 Å². The van der Waals surface area contributed by atoms with E-state index in [1.807, 2.05) is 0 Å². The van der Waals surface area contributed by atoms with Crippen molar-refractivity contribution in [3.05, 3.63) is 23.8 Å². The van der Waals surface area contributed by atoms with Crippen molar-refractivity contribution in [1.29, 1.82) is 0 Å². The molecule has 0 unspecified atom stereocenters. The summed E-state index contributed by atoms with van der Waals surface area (Å²) >= 11 is 0. The Bertz CT molecular complexity index is 633. The highest BCUT2D eigenvalue weighted by molar-refractivity contribution is 7.89. The molecule has 116 valence electrons. The molecule has 0 bridgehead atoms. The third-order valence-corrected chi connectivity index (χ3v) is 5.36. The number of carbonyl (C=O) groups is 1. The summed E-state index contributed by atoms with van der Waals surface area (Å²) in [6.07, 6.45) is 3.51. The van der Waals surface area contributed by atoms with Crippen LogP contribution in [0.15, 0.2) is 23.1 Å². The molecule has 0 atom stereocenters. The number of aromatic hydroxyl groups is 1. The summed E-state index contributed by atoms with van der Waals surface area (Å²) in [6.45, 7) is 2.14. The average molecular weight is 313 g/mol. The maximum Gasteiger partial charge on any atom is 0.339 e. The number of carboxylic acids is 1. The Morgan fingerprint density at radius 2 is 1.86 bits per heavy atom. The zero-order valence-corrected chi connectivity index (χ0v) is 12.6. The summed E-state index contributed by atoms with van der Waals surface area (Å²) in [5.41, 5.74) is -0.421. The average Bonchev–Trinajstić information content (AvgIpc) is 2.41. The molecule has 3 N–H and O–H groups in total. The van der Waals surface area contributed by atoms with Gasteiger partial charge in [-0.15, -0.1) is 0 Å². The van der Waals surface area contributed by atoms with Gasteiger partial charge in [-0.05, 0) is 49.8 Å². The molecule has 0 radical (unpaired) electrons. The predicted octanol–water partition coefficient (Wildman–Crippen LogP) is 1.95. The summed E-state index contributed by atoms with van der Waals surface area (Å²) < 4.78 is 27.2. The van der Waals surface area contributed by atoms with Crippen molar-refractivity contribution in [2.45, 2.75) is 43.5 Å². The third kappa shape index (κ3) is 3.74. The van der Waals surface area contributed by atoms with Crippen LogP contribution >= 0.6 is 0 Å². The van der Waals surface area contributed by atoms with Crippen LogP contribution in [-0.4, -0.2) is 30.6 Å². The fourth-order valence-electron chi connectivity index (χ4n) is 2.52. The van der Waals surface area contributed by atoms with E-state index in [-0.39, 0.29) is 10.9 Å². The zero-order valence-electron chi connectivity index (χ0n) is 11.7. The number of rotatable bonds is 4. The first-order valence-corrected chi connectivity index (χ1v) is 8.36. The fourth-order valence-corrected chi connectivity index (χ4v) is 3.85. The number of carboxylic acid groups (broad SMARTS) is 1. The highest BCUT2D eigenvalue weighted by atomic mass is 32.2. The predicted molar refractivity (Wildman–Crippen MR) is 76.8 cm³/mol. The van der Waals surface area contributed by atoms with Crippen molar-refractivity contribution in [3.8, 4) is 5.75 Å². The molecule has 1 aliphatic carbocycles. The normalized spacial score (nSPS) is 22.9. The minimum absolute atomic E-state index is 0.117. The van der Waals surface area contributed by atoms with E-state index in [4.69, 9.17) is 5.11 Å². The minimum atomic E-state index is -3.77. The Morgan fingerprint density at radius 3 is 2.43 bits per heavy atom. The van der Waals surface area contributed by atoms with Gasteiger partial charge in [0.15, 0.2) is 0 Å². The van der Waals surface area contributed by atoms with Crippen LogP contribution in [0, 0.1) is 5.92 Å². The molecule has 0 heterocycles. The summed E-state index contributed by atoms with van der Waals surface area (Å²) in [5.74, 6) is -1.21. The molecular weight excluding hydrogens is 294 g/mol. The number of hydrogen-bond donors (Lipinski definition) is 3. The molecule has 0 spiro atoms. The fraction of sp³-hybridized carbons (Fsp3) is 0.500. The Hall–Kier alpha value is -1.60. The quantitative estimate of drug-likeness (QED) is 0.788. The van der Waals surface area contributed by atoms with Crippen molar-refractivity contribution in [2.75, 3.05) is 0 Å². The maximum atomic E-state index is 12.3. The molecule has 0 aromatic heterocycles. The van der Waals surface area contributed by atoms with Crippen molar-refractivity contribution in [1.82, 2.24) is 4.72 Å². The van der Waals surface area contributed by atoms with Gasteiger partial charge in [0.2, 0.25) is 10.0 Å². The smallest absolute Gasteiger partial charge is 0.339 e. The molecule has 21 heavy (non-hydrogen) atoms. The Morgan fingerprint density at radius 1 is 1.24 bits per heavy atom. The largest absolute Gasteiger partial charge is 0.507 e. The molecule has 0 amide bonds. The summed E-state index contributed by atoms with van der Waals surface area (Å²) in [4.78, 5) is 10.8. The first-order valence-electron chi connectivity index (χ1n) is 6.88. The monoisotopic (exact) mass is 313 g/mol. The standard InChI is InChI=1S/C14H19NO5S/c1-9-2-4-10(5-3-9)15-21(19,20)11-6-7-13(16)12(8-11)14(17)18/h6-10,15-16H,2-5H2,1H3,(H,17,18). The topological polar surface area (TPSA) is 104 Å². The van der Waals surface area contributed by atoms with Crippen LogP contribution in [0.4, 0.5) is 0 Å². The van der Waals surface area contributed by atoms with Gasteiger partial charge in [-0.3, -0.25) is 0 Å². The van der Waals surface area contributed by atoms with E-state index in [0.29, 0.717) is 5.92 Å². The van der Waals surface area contributed by atoms with E-state index >= 15 is 0 Å². The van der Waals surface area contributed by atoms with E-state index in [1.165, 1.54) is 6.07 Å². The van der Waals surface area contributed by atoms with Crippen LogP contribution in [0.2, 0.25) is 0 Å². The molecule has 7 heteroatoms. The first-order chi connectivity index (χ1) is 9.79. The molecule has 1 aliphatic rings. The summed E-state index contributed by atoms with van der Waals surface area (Å²) in [7, 11) is -3.77. The van der Waals surface area contributed by atoms with E-state index in [2.05, 4.69) is 11.6 Å². The van der Waals surface area contributed by atoms with E-state index in [9.17, 15) is 18.3 Å². The van der Waals surface area contributed by atoms with Crippen LogP contribution in [0.25, 0.3) is 0 Å². The Kier molecular flexibility index (Phi) is 4.53. The zero-order chi connectivity index (χ0) is 15.6. The van der Waals surface area contributed by atoms with Gasteiger partial charge in [-0.1, -0.05) is 6.92 Å². The van der Waals surface area contributed by atoms with Crippen LogP contribution in [-0.2, 0) is 10.0 Å². The van der Waals surface area contributed by atoms with Crippen molar-refractivity contribution >= 4 is 16.0 Å².